The van der Waals surface area contributed by atoms with E-state index < -0.39 is 7.41 Å². The number of hydrogen-bond acceptors (Lipinski definition) is 2. The van der Waals surface area contributed by atoms with E-state index in [4.69, 9.17) is 4.76 Å². The van der Waals surface area contributed by atoms with Crippen molar-refractivity contribution in [3.05, 3.63) is 94.8 Å². The molecule has 3 aliphatic carbocycles. The maximum absolute atomic E-state index is 11.4. The Hall–Kier alpha value is -2.18. The predicted molar refractivity (Wildman–Crippen MR) is 160 cm³/mol. The largest absolute Gasteiger partial charge is 0.512 e. The number of aliphatic hydroxyl groups excluding tert-OH is 1. The lowest BCUT2D eigenvalue weighted by Crippen LogP contribution is -2.26. The summed E-state index contributed by atoms with van der Waals surface area (Å²) in [4.78, 5) is 0. The molecular weight excluding hydrogens is 457 g/mol. The van der Waals surface area contributed by atoms with Crippen LogP contribution in [0.25, 0.3) is 0 Å². The van der Waals surface area contributed by atoms with E-state index in [1.807, 2.05) is 12.2 Å². The van der Waals surface area contributed by atoms with Gasteiger partial charge in [0.15, 0.2) is 0 Å². The SMILES string of the molecule is CCCC[P+](CCCC)(CCCC)/N=C1\c2ccccc2CC1C1C2=CC=CC=C(/C=C\C=C/1O)C2. The van der Waals surface area contributed by atoms with Crippen molar-refractivity contribution in [2.24, 2.45) is 16.6 Å². The summed E-state index contributed by atoms with van der Waals surface area (Å²) in [6, 6.07) is 8.91. The normalized spacial score (nSPS) is 24.8. The zero-order chi connectivity index (χ0) is 25.4. The molecule has 0 saturated heterocycles. The highest BCUT2D eigenvalue weighted by Crippen LogP contribution is 2.63. The Labute approximate surface area is 220 Å². The van der Waals surface area contributed by atoms with Gasteiger partial charge in [0.05, 0.1) is 24.2 Å². The van der Waals surface area contributed by atoms with Crippen molar-refractivity contribution in [3.63, 3.8) is 0 Å². The molecule has 4 rings (SSSR count). The first-order chi connectivity index (χ1) is 17.6. The molecule has 0 amide bonds. The molecule has 0 spiro atoms. The topological polar surface area (TPSA) is 32.6 Å². The molecule has 2 atom stereocenters. The number of allylic oxidation sites excluding steroid dienone is 9. The van der Waals surface area contributed by atoms with Crippen molar-refractivity contribution < 1.29 is 5.11 Å². The molecule has 2 bridgehead atoms. The molecule has 1 N–H and O–H groups in total. The fourth-order valence-corrected chi connectivity index (χ4v) is 10.4. The van der Waals surface area contributed by atoms with Gasteiger partial charge in [-0.15, -0.1) is 4.76 Å². The molecule has 3 aliphatic rings. The Morgan fingerprint density at radius 3 is 2.22 bits per heavy atom. The van der Waals surface area contributed by atoms with Gasteiger partial charge in [-0.3, -0.25) is 0 Å². The van der Waals surface area contributed by atoms with E-state index in [1.165, 1.54) is 85.0 Å². The minimum atomic E-state index is -1.49. The highest BCUT2D eigenvalue weighted by Gasteiger charge is 2.43. The van der Waals surface area contributed by atoms with Gasteiger partial charge in [0.25, 0.3) is 0 Å². The van der Waals surface area contributed by atoms with E-state index in [2.05, 4.69) is 75.4 Å². The van der Waals surface area contributed by atoms with Gasteiger partial charge in [0.1, 0.15) is 13.2 Å². The van der Waals surface area contributed by atoms with Crippen molar-refractivity contribution >= 4 is 13.1 Å². The minimum absolute atomic E-state index is 0.0299. The number of benzene rings is 1. The van der Waals surface area contributed by atoms with Crippen LogP contribution in [0.1, 0.15) is 76.8 Å². The predicted octanol–water partition coefficient (Wildman–Crippen LogP) is 9.42. The van der Waals surface area contributed by atoms with Gasteiger partial charge in [0, 0.05) is 17.4 Å². The molecule has 0 heterocycles. The van der Waals surface area contributed by atoms with Crippen molar-refractivity contribution in [1.29, 1.82) is 0 Å². The molecule has 0 aromatic heterocycles. The van der Waals surface area contributed by atoms with Gasteiger partial charge in [-0.2, -0.15) is 0 Å². The molecule has 1 aromatic rings. The smallest absolute Gasteiger partial charge is 0.133 e. The quantitative estimate of drug-likeness (QED) is 0.300. The highest BCUT2D eigenvalue weighted by molar-refractivity contribution is 7.74. The first-order valence-corrected chi connectivity index (χ1v) is 16.6. The lowest BCUT2D eigenvalue weighted by atomic mass is 9.78. The van der Waals surface area contributed by atoms with Crippen molar-refractivity contribution in [2.75, 3.05) is 18.5 Å². The van der Waals surface area contributed by atoms with Gasteiger partial charge in [-0.25, -0.2) is 0 Å². The molecule has 36 heavy (non-hydrogen) atoms. The Morgan fingerprint density at radius 1 is 0.861 bits per heavy atom. The standard InChI is InChI=1S/C33H44NOP/c1-4-7-21-36(22-8-5-2,23-9-6-3)34-33-29-19-13-12-17-27(29)25-30(33)32-28-18-11-10-15-26(24-28)16-14-20-31(32)35/h10-20,30,32H,4-9,21-25H2,1-3H3/p+1/b16-14-,31-20+,34-33+. The number of nitrogens with zero attached hydrogens (tertiary/aromatic N) is 1. The lowest BCUT2D eigenvalue weighted by molar-refractivity contribution is 0.319. The Balaban J connectivity index is 1.84. The first kappa shape index (κ1) is 26.9. The molecule has 0 radical (unpaired) electrons. The second-order valence-corrected chi connectivity index (χ2v) is 14.5. The van der Waals surface area contributed by atoms with Crippen molar-refractivity contribution in [2.45, 2.75) is 72.1 Å². The molecule has 0 aliphatic heterocycles. The molecule has 0 saturated carbocycles. The van der Waals surface area contributed by atoms with Gasteiger partial charge < -0.3 is 5.11 Å². The summed E-state index contributed by atoms with van der Waals surface area (Å²) in [5, 5.41) is 11.4. The van der Waals surface area contributed by atoms with Crippen LogP contribution in [0, 0.1) is 11.8 Å². The van der Waals surface area contributed by atoms with Gasteiger partial charge in [-0.1, -0.05) is 106 Å². The molecule has 1 aromatic carbocycles. The fourth-order valence-electron chi connectivity index (χ4n) is 6.02. The third-order valence-electron chi connectivity index (χ3n) is 8.03. The van der Waals surface area contributed by atoms with Crippen molar-refractivity contribution in [3.8, 4) is 0 Å². The summed E-state index contributed by atoms with van der Waals surface area (Å²) in [6.45, 7) is 6.95. The summed E-state index contributed by atoms with van der Waals surface area (Å²) < 4.78 is 5.95. The summed E-state index contributed by atoms with van der Waals surface area (Å²) in [5.41, 5.74) is 6.62. The van der Waals surface area contributed by atoms with E-state index in [1.54, 1.807) is 0 Å². The zero-order valence-corrected chi connectivity index (χ0v) is 23.5. The van der Waals surface area contributed by atoms with Crippen LogP contribution in [0.3, 0.4) is 0 Å². The molecule has 2 unspecified atom stereocenters. The third kappa shape index (κ3) is 6.20. The lowest BCUT2D eigenvalue weighted by Gasteiger charge is -2.29. The molecule has 192 valence electrons. The summed E-state index contributed by atoms with van der Waals surface area (Å²) in [6.07, 6.45) is 27.9. The molecule has 2 nitrogen and oxygen atoms in total. The Bertz CT molecular complexity index is 1060. The summed E-state index contributed by atoms with van der Waals surface area (Å²) in [5.74, 6) is 0.642. The minimum Gasteiger partial charge on any atom is -0.512 e. The number of rotatable bonds is 11. The number of hydrogen-bond donors (Lipinski definition) is 1. The number of fused-ring (bicyclic) bond motifs is 3. The molecule has 3 heteroatoms. The second-order valence-electron chi connectivity index (χ2n) is 10.8. The summed E-state index contributed by atoms with van der Waals surface area (Å²) >= 11 is 0. The van der Waals surface area contributed by atoms with E-state index >= 15 is 0 Å². The maximum Gasteiger partial charge on any atom is 0.133 e. The van der Waals surface area contributed by atoms with Crippen molar-refractivity contribution in [1.82, 2.24) is 0 Å². The fraction of sp³-hybridized carbons (Fsp3) is 0.485. The average Bonchev–Trinajstić information content (AvgIpc) is 3.05. The van der Waals surface area contributed by atoms with Gasteiger partial charge in [0.2, 0.25) is 0 Å². The van der Waals surface area contributed by atoms with Crippen LogP contribution in [0.4, 0.5) is 0 Å². The molecule has 0 fully saturated rings. The van der Waals surface area contributed by atoms with Gasteiger partial charge >= 0.3 is 0 Å². The van der Waals surface area contributed by atoms with Crippen LogP contribution in [0.5, 0.6) is 0 Å². The second kappa shape index (κ2) is 12.9. The van der Waals surface area contributed by atoms with E-state index in [0.29, 0.717) is 5.76 Å². The van der Waals surface area contributed by atoms with Crippen LogP contribution in [0.2, 0.25) is 0 Å². The third-order valence-corrected chi connectivity index (χ3v) is 12.1. The van der Waals surface area contributed by atoms with Gasteiger partial charge in [-0.05, 0) is 49.3 Å². The van der Waals surface area contributed by atoms with Crippen LogP contribution in [0.15, 0.2) is 88.5 Å². The maximum atomic E-state index is 11.4. The number of unbranched alkanes of at least 4 members (excludes halogenated alkanes) is 3. The Kier molecular flexibility index (Phi) is 9.60. The monoisotopic (exact) mass is 502 g/mol. The molecular formula is C33H45NOP+. The van der Waals surface area contributed by atoms with Crippen LogP contribution in [-0.2, 0) is 6.42 Å². The summed E-state index contributed by atoms with van der Waals surface area (Å²) in [7, 11) is -1.49. The van der Waals surface area contributed by atoms with E-state index in [0.717, 1.165) is 12.8 Å². The highest BCUT2D eigenvalue weighted by atomic mass is 31.2. The van der Waals surface area contributed by atoms with E-state index in [-0.39, 0.29) is 11.8 Å². The Morgan fingerprint density at radius 2 is 1.53 bits per heavy atom. The van der Waals surface area contributed by atoms with Crippen LogP contribution in [-0.4, -0.2) is 29.3 Å². The van der Waals surface area contributed by atoms with Crippen LogP contribution >= 0.6 is 7.41 Å². The first-order valence-electron chi connectivity index (χ1n) is 14.3. The number of aliphatic hydroxyl groups is 1. The zero-order valence-electron chi connectivity index (χ0n) is 22.6. The van der Waals surface area contributed by atoms with E-state index in [9.17, 15) is 5.11 Å². The average molecular weight is 503 g/mol. The van der Waals surface area contributed by atoms with Crippen LogP contribution < -0.4 is 0 Å².